The molecule has 0 radical (unpaired) electrons. The maximum Gasteiger partial charge on any atom is 0.306 e. The smallest absolute Gasteiger partial charge is 0.244 e. The first-order valence-corrected chi connectivity index (χ1v) is 3.94. The van der Waals surface area contributed by atoms with Crippen molar-refractivity contribution in [2.24, 2.45) is 7.05 Å². The summed E-state index contributed by atoms with van der Waals surface area (Å²) in [5.41, 5.74) is 1.02. The standard InChI is InChI=1S/C8H10N5/c1-7-3-9-4-11-8(7)13-6-10-5-12(13)2/h3-6H,1-2H3/q+1. The zero-order valence-electron chi connectivity index (χ0n) is 7.55. The van der Waals surface area contributed by atoms with E-state index in [2.05, 4.69) is 15.0 Å². The quantitative estimate of drug-likeness (QED) is 0.565. The van der Waals surface area contributed by atoms with Crippen LogP contribution in [0.15, 0.2) is 25.2 Å². The molecule has 2 heterocycles. The van der Waals surface area contributed by atoms with Crippen LogP contribution in [0.2, 0.25) is 0 Å². The molecule has 0 aliphatic carbocycles. The van der Waals surface area contributed by atoms with E-state index in [1.54, 1.807) is 18.9 Å². The van der Waals surface area contributed by atoms with Crippen LogP contribution in [0.5, 0.6) is 0 Å². The van der Waals surface area contributed by atoms with Gasteiger partial charge in [0.2, 0.25) is 6.33 Å². The molecule has 5 nitrogen and oxygen atoms in total. The van der Waals surface area contributed by atoms with E-state index in [0.717, 1.165) is 11.4 Å². The van der Waals surface area contributed by atoms with Crippen molar-refractivity contribution in [1.82, 2.24) is 19.6 Å². The van der Waals surface area contributed by atoms with E-state index in [0.29, 0.717) is 0 Å². The molecule has 0 amide bonds. The second kappa shape index (κ2) is 2.93. The predicted octanol–water partition coefficient (Wildman–Crippen LogP) is -0.205. The molecule has 0 aliphatic heterocycles. The largest absolute Gasteiger partial charge is 0.306 e. The third-order valence-corrected chi connectivity index (χ3v) is 1.83. The molecule has 13 heavy (non-hydrogen) atoms. The summed E-state index contributed by atoms with van der Waals surface area (Å²) in [5, 5.41) is 0. The first-order valence-electron chi connectivity index (χ1n) is 3.94. The Bertz CT molecular complexity index is 420. The van der Waals surface area contributed by atoms with Crippen molar-refractivity contribution in [3.8, 4) is 5.82 Å². The van der Waals surface area contributed by atoms with Gasteiger partial charge in [0, 0.05) is 11.8 Å². The minimum Gasteiger partial charge on any atom is -0.244 e. The molecule has 0 saturated heterocycles. The molecule has 0 bridgehead atoms. The van der Waals surface area contributed by atoms with Crippen molar-refractivity contribution in [2.45, 2.75) is 6.92 Å². The summed E-state index contributed by atoms with van der Waals surface area (Å²) in [4.78, 5) is 12.1. The first kappa shape index (κ1) is 7.85. The second-order valence-electron chi connectivity index (χ2n) is 2.83. The van der Waals surface area contributed by atoms with Crippen LogP contribution in [0.3, 0.4) is 0 Å². The van der Waals surface area contributed by atoms with Crippen molar-refractivity contribution >= 4 is 0 Å². The van der Waals surface area contributed by atoms with Crippen molar-refractivity contribution in [3.05, 3.63) is 30.7 Å². The van der Waals surface area contributed by atoms with Crippen LogP contribution in [-0.2, 0) is 7.05 Å². The molecule has 5 heteroatoms. The molecule has 0 N–H and O–H groups in total. The van der Waals surface area contributed by atoms with E-state index < -0.39 is 0 Å². The molecular formula is C8H10N5+. The van der Waals surface area contributed by atoms with Crippen LogP contribution in [0.1, 0.15) is 5.56 Å². The summed E-state index contributed by atoms with van der Waals surface area (Å²) >= 11 is 0. The highest BCUT2D eigenvalue weighted by Crippen LogP contribution is 2.03. The normalized spacial score (nSPS) is 10.3. The number of rotatable bonds is 1. The van der Waals surface area contributed by atoms with E-state index in [9.17, 15) is 0 Å². The van der Waals surface area contributed by atoms with Crippen molar-refractivity contribution in [2.75, 3.05) is 0 Å². The van der Waals surface area contributed by atoms with Gasteiger partial charge in [0.05, 0.1) is 0 Å². The molecule has 2 aromatic rings. The van der Waals surface area contributed by atoms with E-state index in [-0.39, 0.29) is 0 Å². The Balaban J connectivity index is 2.59. The topological polar surface area (TPSA) is 47.5 Å². The summed E-state index contributed by atoms with van der Waals surface area (Å²) in [5.74, 6) is 0.856. The van der Waals surface area contributed by atoms with E-state index in [4.69, 9.17) is 0 Å². The van der Waals surface area contributed by atoms with Crippen molar-refractivity contribution in [1.29, 1.82) is 0 Å². The molecule has 0 aliphatic rings. The Morgan fingerprint density at radius 1 is 1.38 bits per heavy atom. The highest BCUT2D eigenvalue weighted by molar-refractivity contribution is 5.26. The van der Waals surface area contributed by atoms with Gasteiger partial charge in [0.25, 0.3) is 0 Å². The lowest BCUT2D eigenvalue weighted by molar-refractivity contribution is -0.745. The number of hydrogen-bond donors (Lipinski definition) is 0. The molecule has 2 rings (SSSR count). The SMILES string of the molecule is Cc1cncnc1-n1cnc[n+]1C. The molecule has 0 atom stereocenters. The van der Waals surface area contributed by atoms with Gasteiger partial charge in [-0.1, -0.05) is 0 Å². The second-order valence-corrected chi connectivity index (χ2v) is 2.83. The highest BCUT2D eigenvalue weighted by atomic mass is 15.4. The summed E-state index contributed by atoms with van der Waals surface area (Å²) in [6.07, 6.45) is 6.75. The van der Waals surface area contributed by atoms with Crippen LogP contribution in [0.25, 0.3) is 5.82 Å². The summed E-state index contributed by atoms with van der Waals surface area (Å²) in [6, 6.07) is 0. The van der Waals surface area contributed by atoms with Crippen molar-refractivity contribution in [3.63, 3.8) is 0 Å². The maximum atomic E-state index is 4.17. The average molecular weight is 176 g/mol. The third-order valence-electron chi connectivity index (χ3n) is 1.83. The third kappa shape index (κ3) is 1.28. The Hall–Kier alpha value is -1.78. The van der Waals surface area contributed by atoms with Gasteiger partial charge >= 0.3 is 6.33 Å². The van der Waals surface area contributed by atoms with Crippen LogP contribution in [0.4, 0.5) is 0 Å². The van der Waals surface area contributed by atoms with Crippen LogP contribution in [0, 0.1) is 6.92 Å². The minimum absolute atomic E-state index is 0.856. The summed E-state index contributed by atoms with van der Waals surface area (Å²) < 4.78 is 3.71. The summed E-state index contributed by atoms with van der Waals surface area (Å²) in [7, 11) is 1.91. The van der Waals surface area contributed by atoms with Gasteiger partial charge in [0.15, 0.2) is 5.82 Å². The van der Waals surface area contributed by atoms with Gasteiger partial charge in [-0.2, -0.15) is 4.68 Å². The molecule has 0 saturated carbocycles. The van der Waals surface area contributed by atoms with Crippen LogP contribution in [-0.4, -0.2) is 19.6 Å². The molecule has 0 fully saturated rings. The van der Waals surface area contributed by atoms with E-state index >= 15 is 0 Å². The number of hydrogen-bond acceptors (Lipinski definition) is 3. The fraction of sp³-hybridized carbons (Fsp3) is 0.250. The number of aromatic nitrogens is 5. The Labute approximate surface area is 75.7 Å². The molecule has 66 valence electrons. The highest BCUT2D eigenvalue weighted by Gasteiger charge is 2.08. The fourth-order valence-corrected chi connectivity index (χ4v) is 1.16. The van der Waals surface area contributed by atoms with Gasteiger partial charge in [-0.25, -0.2) is 9.97 Å². The monoisotopic (exact) mass is 176 g/mol. The van der Waals surface area contributed by atoms with E-state index in [1.165, 1.54) is 6.33 Å². The lowest BCUT2D eigenvalue weighted by Crippen LogP contribution is -2.37. The average Bonchev–Trinajstić information content (AvgIpc) is 2.52. The summed E-state index contributed by atoms with van der Waals surface area (Å²) in [6.45, 7) is 1.97. The van der Waals surface area contributed by atoms with Gasteiger partial charge in [-0.15, -0.1) is 4.68 Å². The lowest BCUT2D eigenvalue weighted by Gasteiger charge is -2.01. The lowest BCUT2D eigenvalue weighted by atomic mass is 10.3. The molecule has 2 aromatic heterocycles. The van der Waals surface area contributed by atoms with Gasteiger partial charge in [-0.3, -0.25) is 0 Å². The number of nitrogens with zero attached hydrogens (tertiary/aromatic N) is 5. The molecule has 0 aromatic carbocycles. The Kier molecular flexibility index (Phi) is 1.77. The van der Waals surface area contributed by atoms with Crippen molar-refractivity contribution < 1.29 is 4.68 Å². The molecular weight excluding hydrogens is 166 g/mol. The maximum absolute atomic E-state index is 4.17. The van der Waals surface area contributed by atoms with Gasteiger partial charge < -0.3 is 0 Å². The van der Waals surface area contributed by atoms with Gasteiger partial charge in [0.1, 0.15) is 13.4 Å². The zero-order chi connectivity index (χ0) is 9.26. The predicted molar refractivity (Wildman–Crippen MR) is 45.1 cm³/mol. The Morgan fingerprint density at radius 3 is 2.85 bits per heavy atom. The molecule has 0 spiro atoms. The Morgan fingerprint density at radius 2 is 2.23 bits per heavy atom. The number of aryl methyl sites for hydroxylation is 2. The van der Waals surface area contributed by atoms with E-state index in [1.807, 2.05) is 23.3 Å². The first-order chi connectivity index (χ1) is 6.29. The van der Waals surface area contributed by atoms with Crippen LogP contribution < -0.4 is 4.68 Å². The van der Waals surface area contributed by atoms with Crippen LogP contribution >= 0.6 is 0 Å². The fourth-order valence-electron chi connectivity index (χ4n) is 1.16. The minimum atomic E-state index is 0.856. The molecule has 0 unspecified atom stereocenters. The van der Waals surface area contributed by atoms with Gasteiger partial charge in [-0.05, 0) is 11.9 Å². The zero-order valence-corrected chi connectivity index (χ0v) is 7.55.